The number of benzene rings is 3. The molecule has 1 N–H and O–H groups in total. The summed E-state index contributed by atoms with van der Waals surface area (Å²) < 4.78 is 1.19. The molecule has 0 amide bonds. The minimum absolute atomic E-state index is 0. The van der Waals surface area contributed by atoms with Crippen LogP contribution in [0.2, 0.25) is 0 Å². The highest BCUT2D eigenvalue weighted by molar-refractivity contribution is 5.71. The van der Waals surface area contributed by atoms with Crippen LogP contribution in [0.3, 0.4) is 0 Å². The molecule has 3 aromatic carbocycles. The van der Waals surface area contributed by atoms with Gasteiger partial charge in [-0.2, -0.15) is 0 Å². The van der Waals surface area contributed by atoms with Gasteiger partial charge in [0.1, 0.15) is 6.54 Å². The minimum atomic E-state index is 0. The average molecular weight is 553 g/mol. The zero-order valence-electron chi connectivity index (χ0n) is 20.3. The summed E-state index contributed by atoms with van der Waals surface area (Å²) in [6.07, 6.45) is 8.56. The molecule has 1 aliphatic heterocycles. The van der Waals surface area contributed by atoms with Crippen molar-refractivity contribution < 1.29 is 28.5 Å². The molecule has 0 aliphatic carbocycles. The first kappa shape index (κ1) is 25.5. The average Bonchev–Trinajstić information content (AvgIpc) is 2.80. The van der Waals surface area contributed by atoms with Crippen LogP contribution in [-0.2, 0) is 6.54 Å². The molecule has 3 heteroatoms. The van der Waals surface area contributed by atoms with E-state index in [0.717, 1.165) is 13.1 Å². The van der Waals surface area contributed by atoms with Crippen LogP contribution in [0.15, 0.2) is 72.8 Å². The molecule has 2 nitrogen and oxygen atoms in total. The molecule has 1 heterocycles. The maximum absolute atomic E-state index is 3.53. The Morgan fingerprint density at radius 2 is 1.64 bits per heavy atom. The molecule has 0 aromatic heterocycles. The summed E-state index contributed by atoms with van der Waals surface area (Å²) >= 11 is 0. The number of halogens is 1. The number of rotatable bonds is 7. The predicted molar refractivity (Wildman–Crippen MR) is 139 cm³/mol. The summed E-state index contributed by atoms with van der Waals surface area (Å²) in [6, 6.07) is 24.5. The van der Waals surface area contributed by atoms with Crippen molar-refractivity contribution in [2.75, 3.05) is 32.0 Å². The van der Waals surface area contributed by atoms with Gasteiger partial charge in [-0.3, -0.25) is 0 Å². The van der Waals surface area contributed by atoms with Crippen LogP contribution in [0.1, 0.15) is 41.5 Å². The highest BCUT2D eigenvalue weighted by Gasteiger charge is 2.24. The Hall–Kier alpha value is -2.11. The predicted octanol–water partition coefficient (Wildman–Crippen LogP) is 4.23. The molecular formula is C30H37IN2. The van der Waals surface area contributed by atoms with Gasteiger partial charge in [-0.1, -0.05) is 66.2 Å². The molecule has 174 valence electrons. The second kappa shape index (κ2) is 11.8. The lowest BCUT2D eigenvalue weighted by molar-refractivity contribution is -0.926. The molecule has 0 spiro atoms. The van der Waals surface area contributed by atoms with E-state index in [1.807, 2.05) is 0 Å². The van der Waals surface area contributed by atoms with Gasteiger partial charge in [-0.05, 0) is 73.6 Å². The first-order chi connectivity index (χ1) is 15.5. The van der Waals surface area contributed by atoms with Crippen molar-refractivity contribution >= 4 is 11.8 Å². The van der Waals surface area contributed by atoms with E-state index in [4.69, 9.17) is 0 Å². The molecule has 0 atom stereocenters. The van der Waals surface area contributed by atoms with Gasteiger partial charge in [0, 0.05) is 17.8 Å². The van der Waals surface area contributed by atoms with E-state index < -0.39 is 0 Å². The summed E-state index contributed by atoms with van der Waals surface area (Å²) in [5, 5.41) is 3.53. The lowest BCUT2D eigenvalue weighted by Gasteiger charge is -2.37. The molecule has 4 rings (SSSR count). The lowest BCUT2D eigenvalue weighted by atomic mass is 9.97. The zero-order chi connectivity index (χ0) is 22.4. The van der Waals surface area contributed by atoms with Gasteiger partial charge in [0.05, 0.1) is 20.1 Å². The normalized spacial score (nSPS) is 15.2. The third kappa shape index (κ3) is 7.18. The number of nitrogens with one attached hydrogen (secondary N) is 1. The zero-order valence-corrected chi connectivity index (χ0v) is 22.4. The van der Waals surface area contributed by atoms with E-state index in [9.17, 15) is 0 Å². The quantitative estimate of drug-likeness (QED) is 0.342. The molecule has 0 radical (unpaired) electrons. The largest absolute Gasteiger partial charge is 1.00 e. The fourth-order valence-electron chi connectivity index (χ4n) is 4.83. The molecule has 1 fully saturated rings. The van der Waals surface area contributed by atoms with Crippen molar-refractivity contribution in [3.63, 3.8) is 0 Å². The Labute approximate surface area is 217 Å². The van der Waals surface area contributed by atoms with Gasteiger partial charge in [0.25, 0.3) is 0 Å². The third-order valence-electron chi connectivity index (χ3n) is 6.74. The summed E-state index contributed by atoms with van der Waals surface area (Å²) in [5.41, 5.74) is 9.08. The van der Waals surface area contributed by atoms with Crippen LogP contribution >= 0.6 is 0 Å². The van der Waals surface area contributed by atoms with E-state index in [-0.39, 0.29) is 24.0 Å². The van der Waals surface area contributed by atoms with Crippen molar-refractivity contribution in [3.8, 4) is 11.1 Å². The fourth-order valence-corrected chi connectivity index (χ4v) is 4.83. The third-order valence-corrected chi connectivity index (χ3v) is 6.74. The van der Waals surface area contributed by atoms with Crippen molar-refractivity contribution in [3.05, 3.63) is 95.1 Å². The van der Waals surface area contributed by atoms with E-state index in [1.54, 1.807) is 0 Å². The number of anilines is 1. The molecule has 1 aliphatic rings. The lowest BCUT2D eigenvalue weighted by Crippen LogP contribution is -3.00. The summed E-state index contributed by atoms with van der Waals surface area (Å²) in [5.74, 6) is 0. The Morgan fingerprint density at radius 1 is 0.879 bits per heavy atom. The number of piperidine rings is 1. The van der Waals surface area contributed by atoms with Crippen LogP contribution in [-0.4, -0.2) is 31.2 Å². The smallest absolute Gasteiger partial charge is 0.104 e. The topological polar surface area (TPSA) is 12.0 Å². The molecule has 0 bridgehead atoms. The Morgan fingerprint density at radius 3 is 2.39 bits per heavy atom. The summed E-state index contributed by atoms with van der Waals surface area (Å²) in [7, 11) is 2.41. The first-order valence-corrected chi connectivity index (χ1v) is 12.0. The van der Waals surface area contributed by atoms with Gasteiger partial charge < -0.3 is 33.8 Å². The maximum atomic E-state index is 3.53. The van der Waals surface area contributed by atoms with Crippen molar-refractivity contribution in [1.82, 2.24) is 0 Å². The molecule has 33 heavy (non-hydrogen) atoms. The minimum Gasteiger partial charge on any atom is -1.00 e. The van der Waals surface area contributed by atoms with Crippen molar-refractivity contribution in [2.45, 2.75) is 39.7 Å². The number of nitrogens with zero attached hydrogens (tertiary/aromatic N) is 1. The standard InChI is InChI=1S/C30H37N2.HI/c1-24-12-13-25(2)30(21-24)28-11-7-9-26(22-28)10-8-18-31-29-16-14-27(15-17-29)23-32(3)19-5-4-6-20-32;/h7-17,21-22,31H,4-6,18-20,23H2,1-3H3;1H/q+1;/p-1/b10-8+;. The molecule has 0 saturated carbocycles. The number of aryl methyl sites for hydroxylation is 2. The van der Waals surface area contributed by atoms with Crippen LogP contribution < -0.4 is 29.3 Å². The molecule has 3 aromatic rings. The van der Waals surface area contributed by atoms with Gasteiger partial charge in [0.2, 0.25) is 0 Å². The fraction of sp³-hybridized carbons (Fsp3) is 0.333. The summed E-state index contributed by atoms with van der Waals surface area (Å²) in [6.45, 7) is 8.93. The van der Waals surface area contributed by atoms with Gasteiger partial charge >= 0.3 is 0 Å². The second-order valence-corrected chi connectivity index (χ2v) is 9.71. The van der Waals surface area contributed by atoms with E-state index in [2.05, 4.69) is 105 Å². The van der Waals surface area contributed by atoms with Crippen molar-refractivity contribution in [1.29, 1.82) is 0 Å². The maximum Gasteiger partial charge on any atom is 0.104 e. The monoisotopic (exact) mass is 552 g/mol. The first-order valence-electron chi connectivity index (χ1n) is 12.0. The van der Waals surface area contributed by atoms with Gasteiger partial charge in [-0.25, -0.2) is 0 Å². The molecule has 1 saturated heterocycles. The molecule has 0 unspecified atom stereocenters. The van der Waals surface area contributed by atoms with Gasteiger partial charge in [-0.15, -0.1) is 0 Å². The Balaban J connectivity index is 0.00000306. The Kier molecular flexibility index (Phi) is 9.16. The van der Waals surface area contributed by atoms with Gasteiger partial charge in [0.15, 0.2) is 0 Å². The number of hydrogen-bond acceptors (Lipinski definition) is 1. The number of quaternary nitrogens is 1. The van der Waals surface area contributed by atoms with Crippen LogP contribution in [0.5, 0.6) is 0 Å². The van der Waals surface area contributed by atoms with Crippen LogP contribution in [0.4, 0.5) is 5.69 Å². The van der Waals surface area contributed by atoms with E-state index in [1.165, 1.54) is 75.9 Å². The second-order valence-electron chi connectivity index (χ2n) is 9.71. The van der Waals surface area contributed by atoms with E-state index >= 15 is 0 Å². The van der Waals surface area contributed by atoms with E-state index in [0.29, 0.717) is 0 Å². The Bertz CT molecular complexity index is 1060. The van der Waals surface area contributed by atoms with Crippen LogP contribution in [0.25, 0.3) is 17.2 Å². The summed E-state index contributed by atoms with van der Waals surface area (Å²) in [4.78, 5) is 0. The SMILES string of the molecule is Cc1ccc(C)c(-c2cccc(/C=C/CNc3ccc(C[N+]4(C)CCCCC4)cc3)c2)c1.[I-]. The van der Waals surface area contributed by atoms with Crippen LogP contribution in [0, 0.1) is 13.8 Å². The molecular weight excluding hydrogens is 515 g/mol. The highest BCUT2D eigenvalue weighted by Crippen LogP contribution is 2.26. The highest BCUT2D eigenvalue weighted by atomic mass is 127. The number of hydrogen-bond donors (Lipinski definition) is 1. The van der Waals surface area contributed by atoms with Crippen molar-refractivity contribution in [2.24, 2.45) is 0 Å². The number of likely N-dealkylation sites (tertiary alicyclic amines) is 1.